The summed E-state index contributed by atoms with van der Waals surface area (Å²) in [6, 6.07) is 14.6. The fourth-order valence-electron chi connectivity index (χ4n) is 2.06. The van der Waals surface area contributed by atoms with Crippen molar-refractivity contribution >= 4 is 11.6 Å². The van der Waals surface area contributed by atoms with Gasteiger partial charge < -0.3 is 14.8 Å². The van der Waals surface area contributed by atoms with Crippen LogP contribution in [0.3, 0.4) is 0 Å². The van der Waals surface area contributed by atoms with Crippen LogP contribution in [0.5, 0.6) is 11.5 Å². The first-order valence-corrected chi connectivity index (χ1v) is 7.77. The number of para-hydroxylation sites is 1. The van der Waals surface area contributed by atoms with E-state index in [9.17, 15) is 4.79 Å². The van der Waals surface area contributed by atoms with Gasteiger partial charge in [-0.05, 0) is 42.7 Å². The van der Waals surface area contributed by atoms with Crippen molar-refractivity contribution in [1.29, 1.82) is 0 Å². The van der Waals surface area contributed by atoms with Crippen LogP contribution >= 0.6 is 0 Å². The largest absolute Gasteiger partial charge is 0.493 e. The maximum Gasteiger partial charge on any atom is 0.255 e. The van der Waals surface area contributed by atoms with Crippen LogP contribution in [0.25, 0.3) is 0 Å². The first kappa shape index (κ1) is 16.9. The third-order valence-corrected chi connectivity index (χ3v) is 3.41. The van der Waals surface area contributed by atoms with Gasteiger partial charge >= 0.3 is 0 Å². The van der Waals surface area contributed by atoms with E-state index in [1.54, 1.807) is 25.3 Å². The van der Waals surface area contributed by atoms with E-state index in [0.717, 1.165) is 12.1 Å². The smallest absolute Gasteiger partial charge is 0.255 e. The van der Waals surface area contributed by atoms with Crippen molar-refractivity contribution in [1.82, 2.24) is 0 Å². The number of anilines is 1. The number of amides is 1. The molecule has 0 aliphatic carbocycles. The number of ether oxygens (including phenoxy) is 2. The molecule has 0 atom stereocenters. The van der Waals surface area contributed by atoms with Crippen molar-refractivity contribution in [2.45, 2.75) is 20.3 Å². The standard InChI is InChI=1S/C19H23NO3/c1-14(2)11-12-23-17-10-9-15(13-18(17)22-3)19(21)20-16-7-5-4-6-8-16/h4-10,13-14H,11-12H2,1-3H3,(H,20,21). The second-order valence-corrected chi connectivity index (χ2v) is 5.72. The third-order valence-electron chi connectivity index (χ3n) is 3.41. The molecule has 23 heavy (non-hydrogen) atoms. The Morgan fingerprint density at radius 2 is 1.83 bits per heavy atom. The Kier molecular flexibility index (Phi) is 6.03. The summed E-state index contributed by atoms with van der Waals surface area (Å²) in [5.74, 6) is 1.62. The van der Waals surface area contributed by atoms with Gasteiger partial charge in [0.1, 0.15) is 0 Å². The van der Waals surface area contributed by atoms with Crippen molar-refractivity contribution in [2.75, 3.05) is 19.0 Å². The summed E-state index contributed by atoms with van der Waals surface area (Å²) < 4.78 is 11.1. The predicted molar refractivity (Wildman–Crippen MR) is 92.3 cm³/mol. The lowest BCUT2D eigenvalue weighted by atomic mass is 10.1. The van der Waals surface area contributed by atoms with Crippen LogP contribution in [-0.2, 0) is 0 Å². The van der Waals surface area contributed by atoms with Crippen LogP contribution in [0.1, 0.15) is 30.6 Å². The number of methoxy groups -OCH3 is 1. The highest BCUT2D eigenvalue weighted by molar-refractivity contribution is 6.04. The van der Waals surface area contributed by atoms with Crippen LogP contribution in [0, 0.1) is 5.92 Å². The summed E-state index contributed by atoms with van der Waals surface area (Å²) in [5.41, 5.74) is 1.29. The number of carbonyl (C=O) groups is 1. The number of benzene rings is 2. The molecule has 2 rings (SSSR count). The zero-order chi connectivity index (χ0) is 16.7. The number of rotatable bonds is 7. The normalized spacial score (nSPS) is 10.4. The molecule has 2 aromatic rings. The van der Waals surface area contributed by atoms with Gasteiger partial charge in [-0.1, -0.05) is 32.0 Å². The fourth-order valence-corrected chi connectivity index (χ4v) is 2.06. The first-order chi connectivity index (χ1) is 11.1. The molecule has 0 aliphatic rings. The van der Waals surface area contributed by atoms with E-state index in [1.165, 1.54) is 0 Å². The van der Waals surface area contributed by atoms with Gasteiger partial charge in [-0.2, -0.15) is 0 Å². The van der Waals surface area contributed by atoms with Crippen molar-refractivity contribution in [3.8, 4) is 11.5 Å². The lowest BCUT2D eigenvalue weighted by Crippen LogP contribution is -2.12. The Bertz CT molecular complexity index is 638. The second kappa shape index (κ2) is 8.22. The summed E-state index contributed by atoms with van der Waals surface area (Å²) in [6.45, 7) is 4.93. The van der Waals surface area contributed by atoms with Gasteiger partial charge in [-0.3, -0.25) is 4.79 Å². The third kappa shape index (κ3) is 5.02. The summed E-state index contributed by atoms with van der Waals surface area (Å²) in [7, 11) is 1.57. The minimum Gasteiger partial charge on any atom is -0.493 e. The molecular weight excluding hydrogens is 290 g/mol. The van der Waals surface area contributed by atoms with Crippen LogP contribution in [0.15, 0.2) is 48.5 Å². The lowest BCUT2D eigenvalue weighted by Gasteiger charge is -2.13. The van der Waals surface area contributed by atoms with Crippen LogP contribution in [-0.4, -0.2) is 19.6 Å². The maximum absolute atomic E-state index is 12.3. The van der Waals surface area contributed by atoms with Gasteiger partial charge in [0.2, 0.25) is 0 Å². The van der Waals surface area contributed by atoms with Crippen molar-refractivity contribution in [3.63, 3.8) is 0 Å². The van der Waals surface area contributed by atoms with E-state index in [-0.39, 0.29) is 5.91 Å². The molecule has 0 spiro atoms. The number of hydrogen-bond acceptors (Lipinski definition) is 3. The molecule has 2 aromatic carbocycles. The molecule has 0 fully saturated rings. The molecule has 0 bridgehead atoms. The van der Waals surface area contributed by atoms with E-state index < -0.39 is 0 Å². The maximum atomic E-state index is 12.3. The molecule has 1 N–H and O–H groups in total. The molecule has 0 unspecified atom stereocenters. The molecule has 0 radical (unpaired) electrons. The van der Waals surface area contributed by atoms with Crippen molar-refractivity contribution < 1.29 is 14.3 Å². The molecule has 0 saturated carbocycles. The zero-order valence-electron chi connectivity index (χ0n) is 13.8. The monoisotopic (exact) mass is 313 g/mol. The Hall–Kier alpha value is -2.49. The van der Waals surface area contributed by atoms with Crippen LogP contribution in [0.4, 0.5) is 5.69 Å². The van der Waals surface area contributed by atoms with Gasteiger partial charge in [0.15, 0.2) is 11.5 Å². The van der Waals surface area contributed by atoms with Gasteiger partial charge in [0, 0.05) is 11.3 Å². The Labute approximate surface area is 137 Å². The molecule has 0 aliphatic heterocycles. The van der Waals surface area contributed by atoms with Gasteiger partial charge in [-0.25, -0.2) is 0 Å². The molecule has 0 aromatic heterocycles. The average molecular weight is 313 g/mol. The van der Waals surface area contributed by atoms with Crippen molar-refractivity contribution in [3.05, 3.63) is 54.1 Å². The van der Waals surface area contributed by atoms with Crippen LogP contribution < -0.4 is 14.8 Å². The molecular formula is C19H23NO3. The zero-order valence-corrected chi connectivity index (χ0v) is 13.8. The Balaban J connectivity index is 2.07. The van der Waals surface area contributed by atoms with Gasteiger partial charge in [0.05, 0.1) is 13.7 Å². The van der Waals surface area contributed by atoms with Gasteiger partial charge in [-0.15, -0.1) is 0 Å². The van der Waals surface area contributed by atoms with E-state index in [4.69, 9.17) is 9.47 Å². The minimum absolute atomic E-state index is 0.178. The van der Waals surface area contributed by atoms with Crippen molar-refractivity contribution in [2.24, 2.45) is 5.92 Å². The quantitative estimate of drug-likeness (QED) is 0.825. The van der Waals surface area contributed by atoms with E-state index in [1.807, 2.05) is 30.3 Å². The highest BCUT2D eigenvalue weighted by Gasteiger charge is 2.11. The topological polar surface area (TPSA) is 47.6 Å². The number of nitrogens with one attached hydrogen (secondary N) is 1. The summed E-state index contributed by atoms with van der Waals surface area (Å²) >= 11 is 0. The van der Waals surface area contributed by atoms with E-state index in [2.05, 4.69) is 19.2 Å². The molecule has 0 heterocycles. The van der Waals surface area contributed by atoms with E-state index >= 15 is 0 Å². The highest BCUT2D eigenvalue weighted by Crippen LogP contribution is 2.28. The predicted octanol–water partition coefficient (Wildman–Crippen LogP) is 4.37. The molecule has 0 saturated heterocycles. The molecule has 122 valence electrons. The highest BCUT2D eigenvalue weighted by atomic mass is 16.5. The number of carbonyl (C=O) groups excluding carboxylic acids is 1. The van der Waals surface area contributed by atoms with E-state index in [0.29, 0.717) is 29.6 Å². The van der Waals surface area contributed by atoms with Gasteiger partial charge in [0.25, 0.3) is 5.91 Å². The number of hydrogen-bond donors (Lipinski definition) is 1. The first-order valence-electron chi connectivity index (χ1n) is 7.77. The molecule has 4 heteroatoms. The van der Waals surface area contributed by atoms with Crippen LogP contribution in [0.2, 0.25) is 0 Å². The molecule has 4 nitrogen and oxygen atoms in total. The Morgan fingerprint density at radius 3 is 2.48 bits per heavy atom. The minimum atomic E-state index is -0.178. The summed E-state index contributed by atoms with van der Waals surface area (Å²) in [5, 5.41) is 2.85. The lowest BCUT2D eigenvalue weighted by molar-refractivity contribution is 0.102. The second-order valence-electron chi connectivity index (χ2n) is 5.72. The SMILES string of the molecule is COc1cc(C(=O)Nc2ccccc2)ccc1OCCC(C)C. The summed E-state index contributed by atoms with van der Waals surface area (Å²) in [4.78, 5) is 12.3. The molecule has 1 amide bonds. The summed E-state index contributed by atoms with van der Waals surface area (Å²) in [6.07, 6.45) is 0.972. The fraction of sp³-hybridized carbons (Fsp3) is 0.316. The average Bonchev–Trinajstić information content (AvgIpc) is 2.55. The Morgan fingerprint density at radius 1 is 1.09 bits per heavy atom.